The van der Waals surface area contributed by atoms with Crippen molar-refractivity contribution in [3.05, 3.63) is 58.6 Å². The van der Waals surface area contributed by atoms with Gasteiger partial charge in [-0.2, -0.15) is 0 Å². The van der Waals surface area contributed by atoms with Crippen molar-refractivity contribution in [1.29, 1.82) is 0 Å². The Morgan fingerprint density at radius 3 is 2.92 bits per heavy atom. The third kappa shape index (κ3) is 3.40. The molecule has 4 rings (SSSR count). The van der Waals surface area contributed by atoms with E-state index in [-0.39, 0.29) is 0 Å². The van der Waals surface area contributed by atoms with E-state index in [2.05, 4.69) is 58.1 Å². The molecular formula is C20H23N3OS. The fourth-order valence-electron chi connectivity index (χ4n) is 3.62. The largest absolute Gasteiger partial charge is 0.496 e. The Kier molecular flexibility index (Phi) is 4.70. The quantitative estimate of drug-likeness (QED) is 0.732. The molecule has 1 aliphatic rings. The number of nitrogens with one attached hydrogen (secondary N) is 2. The Labute approximate surface area is 152 Å². The first-order valence-corrected chi connectivity index (χ1v) is 9.52. The zero-order chi connectivity index (χ0) is 17.2. The summed E-state index contributed by atoms with van der Waals surface area (Å²) in [4.78, 5) is 4.61. The number of hydrogen-bond acceptors (Lipinski definition) is 5. The van der Waals surface area contributed by atoms with Gasteiger partial charge in [-0.1, -0.05) is 30.3 Å². The van der Waals surface area contributed by atoms with Crippen LogP contribution in [0.5, 0.6) is 5.75 Å². The molecule has 5 heteroatoms. The Hall–Kier alpha value is -1.95. The predicted octanol–water partition coefficient (Wildman–Crippen LogP) is 3.81. The number of fused-ring (bicyclic) bond motifs is 1. The highest BCUT2D eigenvalue weighted by Crippen LogP contribution is 2.30. The van der Waals surface area contributed by atoms with Gasteiger partial charge in [0.05, 0.1) is 22.3 Å². The Bertz CT molecular complexity index is 862. The monoisotopic (exact) mass is 353 g/mol. The van der Waals surface area contributed by atoms with Crippen molar-refractivity contribution in [1.82, 2.24) is 15.6 Å². The van der Waals surface area contributed by atoms with E-state index >= 15 is 0 Å². The summed E-state index contributed by atoms with van der Waals surface area (Å²) < 4.78 is 6.80. The van der Waals surface area contributed by atoms with Crippen LogP contribution in [0.2, 0.25) is 0 Å². The second kappa shape index (κ2) is 7.12. The number of nitrogens with zero attached hydrogens (tertiary/aromatic N) is 1. The van der Waals surface area contributed by atoms with Gasteiger partial charge in [-0.15, -0.1) is 11.3 Å². The SMILES string of the molecule is COc1cc2sc(C)nc2cc1CN[C@H]1CCN[C@H]1c1ccccc1. The first-order chi connectivity index (χ1) is 12.2. The van der Waals surface area contributed by atoms with E-state index in [0.717, 1.165) is 35.8 Å². The maximum Gasteiger partial charge on any atom is 0.124 e. The van der Waals surface area contributed by atoms with Gasteiger partial charge in [0.1, 0.15) is 5.75 Å². The number of thiazole rings is 1. The molecular weight excluding hydrogens is 330 g/mol. The molecule has 0 saturated carbocycles. The summed E-state index contributed by atoms with van der Waals surface area (Å²) >= 11 is 1.71. The molecule has 1 aromatic heterocycles. The summed E-state index contributed by atoms with van der Waals surface area (Å²) in [6.07, 6.45) is 1.12. The molecule has 2 atom stereocenters. The van der Waals surface area contributed by atoms with Crippen LogP contribution in [0.25, 0.3) is 10.2 Å². The third-order valence-electron chi connectivity index (χ3n) is 4.83. The smallest absolute Gasteiger partial charge is 0.124 e. The summed E-state index contributed by atoms with van der Waals surface area (Å²) in [5.74, 6) is 0.936. The van der Waals surface area contributed by atoms with E-state index < -0.39 is 0 Å². The number of aryl methyl sites for hydroxylation is 1. The zero-order valence-corrected chi connectivity index (χ0v) is 15.4. The minimum Gasteiger partial charge on any atom is -0.496 e. The molecule has 3 aromatic rings. The number of rotatable bonds is 5. The van der Waals surface area contributed by atoms with Crippen LogP contribution in [-0.2, 0) is 6.54 Å². The van der Waals surface area contributed by atoms with Crippen molar-refractivity contribution in [3.63, 3.8) is 0 Å². The van der Waals surface area contributed by atoms with E-state index in [1.165, 1.54) is 15.8 Å². The van der Waals surface area contributed by atoms with Crippen LogP contribution in [0.15, 0.2) is 42.5 Å². The summed E-state index contributed by atoms with van der Waals surface area (Å²) in [6.45, 7) is 3.87. The van der Waals surface area contributed by atoms with Crippen molar-refractivity contribution < 1.29 is 4.74 Å². The van der Waals surface area contributed by atoms with Crippen LogP contribution in [0.4, 0.5) is 0 Å². The van der Waals surface area contributed by atoms with Gasteiger partial charge in [0.2, 0.25) is 0 Å². The topological polar surface area (TPSA) is 46.2 Å². The van der Waals surface area contributed by atoms with Crippen LogP contribution >= 0.6 is 11.3 Å². The highest BCUT2D eigenvalue weighted by molar-refractivity contribution is 7.18. The molecule has 2 N–H and O–H groups in total. The average Bonchev–Trinajstić information content (AvgIpc) is 3.24. The molecule has 0 amide bonds. The van der Waals surface area contributed by atoms with Crippen molar-refractivity contribution in [2.45, 2.75) is 32.0 Å². The van der Waals surface area contributed by atoms with Crippen LogP contribution < -0.4 is 15.4 Å². The van der Waals surface area contributed by atoms with Crippen LogP contribution in [0.1, 0.15) is 28.6 Å². The molecule has 0 radical (unpaired) electrons. The minimum atomic E-state index is 0.359. The molecule has 1 aliphatic heterocycles. The second-order valence-corrected chi connectivity index (χ2v) is 7.72. The van der Waals surface area contributed by atoms with Gasteiger partial charge < -0.3 is 15.4 Å². The first-order valence-electron chi connectivity index (χ1n) is 8.70. The molecule has 1 saturated heterocycles. The van der Waals surface area contributed by atoms with E-state index in [9.17, 15) is 0 Å². The van der Waals surface area contributed by atoms with E-state index in [1.807, 2.05) is 6.92 Å². The molecule has 2 aromatic carbocycles. The van der Waals surface area contributed by atoms with Crippen molar-refractivity contribution in [2.75, 3.05) is 13.7 Å². The lowest BCUT2D eigenvalue weighted by Crippen LogP contribution is -2.34. The minimum absolute atomic E-state index is 0.359. The number of methoxy groups -OCH3 is 1. The highest BCUT2D eigenvalue weighted by atomic mass is 32.1. The molecule has 1 fully saturated rings. The van der Waals surface area contributed by atoms with Gasteiger partial charge in [-0.3, -0.25) is 0 Å². The maximum absolute atomic E-state index is 5.61. The van der Waals surface area contributed by atoms with Crippen LogP contribution in [-0.4, -0.2) is 24.7 Å². The fraction of sp³-hybridized carbons (Fsp3) is 0.350. The zero-order valence-electron chi connectivity index (χ0n) is 14.6. The molecule has 2 heterocycles. The molecule has 0 aliphatic carbocycles. The molecule has 0 bridgehead atoms. The van der Waals surface area contributed by atoms with Crippen molar-refractivity contribution in [3.8, 4) is 5.75 Å². The van der Waals surface area contributed by atoms with Gasteiger partial charge in [0.15, 0.2) is 0 Å². The van der Waals surface area contributed by atoms with Gasteiger partial charge in [0, 0.05) is 24.2 Å². The Morgan fingerprint density at radius 2 is 2.12 bits per heavy atom. The highest BCUT2D eigenvalue weighted by Gasteiger charge is 2.27. The van der Waals surface area contributed by atoms with Crippen molar-refractivity contribution >= 4 is 21.6 Å². The number of ether oxygens (including phenoxy) is 1. The van der Waals surface area contributed by atoms with Gasteiger partial charge in [-0.25, -0.2) is 4.98 Å². The summed E-state index contributed by atoms with van der Waals surface area (Å²) in [5, 5.41) is 8.43. The molecule has 130 valence electrons. The van der Waals surface area contributed by atoms with E-state index in [4.69, 9.17) is 4.74 Å². The number of hydrogen-bond donors (Lipinski definition) is 2. The standard InChI is InChI=1S/C20H23N3OS/c1-13-23-17-10-15(18(24-2)11-19(17)25-13)12-22-16-8-9-21-20(16)14-6-4-3-5-7-14/h3-7,10-11,16,20-22H,8-9,12H2,1-2H3/t16-,20-/m0/s1. The normalized spacial score (nSPS) is 20.2. The Balaban J connectivity index is 1.53. The lowest BCUT2D eigenvalue weighted by atomic mass is 10.0. The summed E-state index contributed by atoms with van der Waals surface area (Å²) in [6, 6.07) is 15.7. The van der Waals surface area contributed by atoms with Crippen LogP contribution in [0, 0.1) is 6.92 Å². The third-order valence-corrected chi connectivity index (χ3v) is 5.77. The fourth-order valence-corrected chi connectivity index (χ4v) is 4.45. The van der Waals surface area contributed by atoms with Gasteiger partial charge >= 0.3 is 0 Å². The van der Waals surface area contributed by atoms with Gasteiger partial charge in [-0.05, 0) is 37.6 Å². The predicted molar refractivity (Wildman–Crippen MR) is 103 cm³/mol. The molecule has 0 unspecified atom stereocenters. The van der Waals surface area contributed by atoms with E-state index in [1.54, 1.807) is 18.4 Å². The lowest BCUT2D eigenvalue weighted by Gasteiger charge is -2.22. The Morgan fingerprint density at radius 1 is 1.28 bits per heavy atom. The molecule has 4 nitrogen and oxygen atoms in total. The van der Waals surface area contributed by atoms with Crippen LogP contribution in [0.3, 0.4) is 0 Å². The summed E-state index contributed by atoms with van der Waals surface area (Å²) in [7, 11) is 1.74. The lowest BCUT2D eigenvalue weighted by molar-refractivity contribution is 0.402. The van der Waals surface area contributed by atoms with Crippen molar-refractivity contribution in [2.24, 2.45) is 0 Å². The molecule has 25 heavy (non-hydrogen) atoms. The average molecular weight is 353 g/mol. The number of benzene rings is 2. The number of aromatic nitrogens is 1. The first kappa shape index (κ1) is 16.5. The summed E-state index contributed by atoms with van der Waals surface area (Å²) in [5.41, 5.74) is 3.57. The van der Waals surface area contributed by atoms with Gasteiger partial charge in [0.25, 0.3) is 0 Å². The molecule has 0 spiro atoms. The maximum atomic E-state index is 5.61. The second-order valence-electron chi connectivity index (χ2n) is 6.48. The van der Waals surface area contributed by atoms with E-state index in [0.29, 0.717) is 12.1 Å².